The summed E-state index contributed by atoms with van der Waals surface area (Å²) in [6.45, 7) is 1.32. The maximum atomic E-state index is 12.2. The summed E-state index contributed by atoms with van der Waals surface area (Å²) in [6.07, 6.45) is 0. The Morgan fingerprint density at radius 3 is 2.17 bits per heavy atom. The fourth-order valence-corrected chi connectivity index (χ4v) is 2.02. The predicted octanol–water partition coefficient (Wildman–Crippen LogP) is 3.30. The number of benzene rings is 2. The highest BCUT2D eigenvalue weighted by atomic mass is 35.5. The van der Waals surface area contributed by atoms with Crippen LogP contribution in [-0.4, -0.2) is 25.0 Å². The van der Waals surface area contributed by atoms with Crippen molar-refractivity contribution >= 4 is 35.1 Å². The molecule has 0 aliphatic heterocycles. The number of esters is 2. The van der Waals surface area contributed by atoms with Crippen molar-refractivity contribution < 1.29 is 23.9 Å². The zero-order chi connectivity index (χ0) is 17.7. The van der Waals surface area contributed by atoms with Crippen LogP contribution in [0.1, 0.15) is 27.6 Å². The fraction of sp³-hybridized carbons (Fsp3) is 0.118. The Balaban J connectivity index is 2.34. The van der Waals surface area contributed by atoms with Gasteiger partial charge in [-0.15, -0.1) is 0 Å². The third kappa shape index (κ3) is 4.33. The minimum Gasteiger partial charge on any atom is -0.465 e. The topological polar surface area (TPSA) is 81.7 Å². The molecule has 0 saturated carbocycles. The molecular weight excluding hydrogens is 334 g/mol. The molecule has 7 heteroatoms. The Kier molecular flexibility index (Phi) is 5.55. The average Bonchev–Trinajstić information content (AvgIpc) is 2.55. The van der Waals surface area contributed by atoms with Crippen molar-refractivity contribution in [3.05, 3.63) is 58.6 Å². The molecule has 0 aromatic heterocycles. The number of hydrogen-bond acceptors (Lipinski definition) is 5. The average molecular weight is 348 g/mol. The first-order valence-corrected chi connectivity index (χ1v) is 7.26. The molecule has 2 aromatic carbocycles. The summed E-state index contributed by atoms with van der Waals surface area (Å²) < 4.78 is 9.94. The largest absolute Gasteiger partial charge is 0.465 e. The number of hydrogen-bond donors (Lipinski definition) is 1. The van der Waals surface area contributed by atoms with Crippen molar-refractivity contribution in [2.45, 2.75) is 6.92 Å². The highest BCUT2D eigenvalue weighted by molar-refractivity contribution is 6.30. The number of carbonyl (C=O) groups is 3. The lowest BCUT2D eigenvalue weighted by Crippen LogP contribution is -2.13. The van der Waals surface area contributed by atoms with E-state index in [1.54, 1.807) is 12.1 Å². The van der Waals surface area contributed by atoms with Gasteiger partial charge in [-0.05, 0) is 42.5 Å². The van der Waals surface area contributed by atoms with Crippen LogP contribution in [0.4, 0.5) is 5.69 Å². The second kappa shape index (κ2) is 7.61. The van der Waals surface area contributed by atoms with Crippen LogP contribution in [0.2, 0.25) is 5.02 Å². The third-order valence-electron chi connectivity index (χ3n) is 3.00. The Morgan fingerprint density at radius 1 is 0.958 bits per heavy atom. The van der Waals surface area contributed by atoms with Crippen LogP contribution in [0.25, 0.3) is 0 Å². The first-order valence-electron chi connectivity index (χ1n) is 6.88. The number of anilines is 1. The van der Waals surface area contributed by atoms with Crippen molar-refractivity contribution in [2.75, 3.05) is 12.4 Å². The van der Waals surface area contributed by atoms with E-state index in [4.69, 9.17) is 16.3 Å². The van der Waals surface area contributed by atoms with Gasteiger partial charge < -0.3 is 14.8 Å². The van der Waals surface area contributed by atoms with Gasteiger partial charge in [0.05, 0.1) is 23.9 Å². The molecule has 0 aliphatic carbocycles. The lowest BCUT2D eigenvalue weighted by Gasteiger charge is -2.12. The van der Waals surface area contributed by atoms with Crippen LogP contribution >= 0.6 is 11.6 Å². The molecule has 0 saturated heterocycles. The van der Waals surface area contributed by atoms with Gasteiger partial charge in [-0.2, -0.15) is 0 Å². The normalized spacial score (nSPS) is 9.96. The van der Waals surface area contributed by atoms with E-state index >= 15 is 0 Å². The van der Waals surface area contributed by atoms with Crippen LogP contribution in [0, 0.1) is 0 Å². The smallest absolute Gasteiger partial charge is 0.343 e. The SMILES string of the molecule is COC(=O)c1ccc(NC(C)=O)c(OC(=O)c2ccc(Cl)cc2)c1. The molecule has 24 heavy (non-hydrogen) atoms. The van der Waals surface area contributed by atoms with Crippen molar-refractivity contribution in [2.24, 2.45) is 0 Å². The van der Waals surface area contributed by atoms with Crippen molar-refractivity contribution in [3.63, 3.8) is 0 Å². The Morgan fingerprint density at radius 2 is 1.58 bits per heavy atom. The molecule has 0 atom stereocenters. The Bertz CT molecular complexity index is 786. The number of ether oxygens (including phenoxy) is 2. The Labute approximate surface area is 143 Å². The van der Waals surface area contributed by atoms with Gasteiger partial charge in [0.2, 0.25) is 5.91 Å². The van der Waals surface area contributed by atoms with Gasteiger partial charge >= 0.3 is 11.9 Å². The van der Waals surface area contributed by atoms with Crippen LogP contribution in [-0.2, 0) is 9.53 Å². The molecule has 0 radical (unpaired) electrons. The zero-order valence-electron chi connectivity index (χ0n) is 13.0. The summed E-state index contributed by atoms with van der Waals surface area (Å²) in [6, 6.07) is 10.4. The summed E-state index contributed by atoms with van der Waals surface area (Å²) in [5.41, 5.74) is 0.722. The number of halogens is 1. The fourth-order valence-electron chi connectivity index (χ4n) is 1.89. The van der Waals surface area contributed by atoms with Gasteiger partial charge in [-0.1, -0.05) is 11.6 Å². The summed E-state index contributed by atoms with van der Waals surface area (Å²) in [4.78, 5) is 35.1. The van der Waals surface area contributed by atoms with Gasteiger partial charge in [0.15, 0.2) is 5.75 Å². The number of amides is 1. The number of rotatable bonds is 4. The zero-order valence-corrected chi connectivity index (χ0v) is 13.7. The molecule has 0 bridgehead atoms. The minimum absolute atomic E-state index is 0.0352. The van der Waals surface area contributed by atoms with E-state index < -0.39 is 11.9 Å². The summed E-state index contributed by atoms with van der Waals surface area (Å²) in [7, 11) is 1.24. The van der Waals surface area contributed by atoms with Crippen LogP contribution < -0.4 is 10.1 Å². The molecule has 0 heterocycles. The van der Waals surface area contributed by atoms with E-state index in [1.807, 2.05) is 0 Å². The highest BCUT2D eigenvalue weighted by Gasteiger charge is 2.16. The maximum Gasteiger partial charge on any atom is 0.343 e. The lowest BCUT2D eigenvalue weighted by atomic mass is 10.2. The van der Waals surface area contributed by atoms with Crippen molar-refractivity contribution in [1.29, 1.82) is 0 Å². The van der Waals surface area contributed by atoms with Gasteiger partial charge in [0, 0.05) is 11.9 Å². The quantitative estimate of drug-likeness (QED) is 0.677. The lowest BCUT2D eigenvalue weighted by molar-refractivity contribution is -0.114. The van der Waals surface area contributed by atoms with Gasteiger partial charge in [0.1, 0.15) is 0 Å². The van der Waals surface area contributed by atoms with Gasteiger partial charge in [-0.3, -0.25) is 4.79 Å². The molecule has 2 aromatic rings. The summed E-state index contributed by atoms with van der Waals surface area (Å²) >= 11 is 5.78. The minimum atomic E-state index is -0.653. The molecule has 6 nitrogen and oxygen atoms in total. The first kappa shape index (κ1) is 17.5. The molecule has 0 aliphatic rings. The molecule has 0 fully saturated rings. The summed E-state index contributed by atoms with van der Waals surface area (Å²) in [5, 5.41) is 3.02. The summed E-state index contributed by atoms with van der Waals surface area (Å²) in [5.74, 6) is -1.55. The predicted molar refractivity (Wildman–Crippen MR) is 88.5 cm³/mol. The second-order valence-corrected chi connectivity index (χ2v) is 5.22. The highest BCUT2D eigenvalue weighted by Crippen LogP contribution is 2.27. The van der Waals surface area contributed by atoms with E-state index in [-0.39, 0.29) is 28.5 Å². The van der Waals surface area contributed by atoms with Crippen LogP contribution in [0.3, 0.4) is 0 Å². The molecule has 1 N–H and O–H groups in total. The number of nitrogens with one attached hydrogen (secondary N) is 1. The third-order valence-corrected chi connectivity index (χ3v) is 3.25. The van der Waals surface area contributed by atoms with E-state index in [1.165, 1.54) is 44.4 Å². The molecular formula is C17H14ClNO5. The van der Waals surface area contributed by atoms with Crippen molar-refractivity contribution in [3.8, 4) is 5.75 Å². The first-order chi connectivity index (χ1) is 11.4. The molecule has 2 rings (SSSR count). The molecule has 124 valence electrons. The molecule has 0 unspecified atom stereocenters. The number of carbonyl (C=O) groups excluding carboxylic acids is 3. The second-order valence-electron chi connectivity index (χ2n) is 4.78. The van der Waals surface area contributed by atoms with Crippen LogP contribution in [0.5, 0.6) is 5.75 Å². The standard InChI is InChI=1S/C17H14ClNO5/c1-10(20)19-14-8-5-12(16(21)23-2)9-15(14)24-17(22)11-3-6-13(18)7-4-11/h3-9H,1-2H3,(H,19,20). The van der Waals surface area contributed by atoms with Gasteiger partial charge in [-0.25, -0.2) is 9.59 Å². The maximum absolute atomic E-state index is 12.2. The van der Waals surface area contributed by atoms with Gasteiger partial charge in [0.25, 0.3) is 0 Å². The monoisotopic (exact) mass is 347 g/mol. The van der Waals surface area contributed by atoms with E-state index in [0.717, 1.165) is 0 Å². The van der Waals surface area contributed by atoms with Crippen LogP contribution in [0.15, 0.2) is 42.5 Å². The molecule has 0 spiro atoms. The van der Waals surface area contributed by atoms with E-state index in [0.29, 0.717) is 5.02 Å². The van der Waals surface area contributed by atoms with E-state index in [2.05, 4.69) is 10.1 Å². The van der Waals surface area contributed by atoms with Crippen molar-refractivity contribution in [1.82, 2.24) is 0 Å². The Hall–Kier alpha value is -2.86. The van der Waals surface area contributed by atoms with E-state index in [9.17, 15) is 14.4 Å². The number of methoxy groups -OCH3 is 1. The molecule has 1 amide bonds.